The van der Waals surface area contributed by atoms with Gasteiger partial charge in [0.2, 0.25) is 5.91 Å². The Morgan fingerprint density at radius 2 is 1.89 bits per heavy atom. The number of amides is 1. The third-order valence-electron chi connectivity index (χ3n) is 4.52. The van der Waals surface area contributed by atoms with E-state index < -0.39 is 5.41 Å². The number of hydrogen-bond acceptors (Lipinski definition) is 3. The third-order valence-corrected chi connectivity index (χ3v) is 4.52. The van der Waals surface area contributed by atoms with Gasteiger partial charge in [-0.05, 0) is 31.6 Å². The monoisotopic (exact) mass is 253 g/mol. The maximum absolute atomic E-state index is 12.3. The molecule has 0 atom stereocenters. The normalized spacial score (nSPS) is 24.3. The highest BCUT2D eigenvalue weighted by molar-refractivity contribution is 6.07. The summed E-state index contributed by atoms with van der Waals surface area (Å²) in [6, 6.07) is 0. The Morgan fingerprint density at radius 3 is 2.44 bits per heavy atom. The van der Waals surface area contributed by atoms with Crippen LogP contribution in [0.5, 0.6) is 0 Å². The minimum atomic E-state index is -0.757. The average molecular weight is 253 g/mol. The molecule has 4 N–H and O–H groups in total. The van der Waals surface area contributed by atoms with Crippen molar-refractivity contribution in [3.8, 4) is 0 Å². The van der Waals surface area contributed by atoms with Crippen LogP contribution in [0.4, 0.5) is 0 Å². The van der Waals surface area contributed by atoms with Crippen LogP contribution in [0.2, 0.25) is 0 Å². The van der Waals surface area contributed by atoms with Gasteiger partial charge in [-0.2, -0.15) is 0 Å². The van der Waals surface area contributed by atoms with Gasteiger partial charge in [0.25, 0.3) is 0 Å². The van der Waals surface area contributed by atoms with Crippen LogP contribution >= 0.6 is 0 Å². The summed E-state index contributed by atoms with van der Waals surface area (Å²) >= 11 is 0. The zero-order valence-corrected chi connectivity index (χ0v) is 10.8. The Morgan fingerprint density at radius 1 is 1.28 bits per heavy atom. The van der Waals surface area contributed by atoms with Crippen LogP contribution in [0.3, 0.4) is 0 Å². The van der Waals surface area contributed by atoms with Gasteiger partial charge < -0.3 is 16.3 Å². The van der Waals surface area contributed by atoms with Gasteiger partial charge in [-0.15, -0.1) is 0 Å². The number of rotatable bonds is 4. The van der Waals surface area contributed by atoms with Gasteiger partial charge in [0.05, 0.1) is 0 Å². The van der Waals surface area contributed by atoms with E-state index in [1.807, 2.05) is 0 Å². The third kappa shape index (κ3) is 2.44. The molecule has 0 spiro atoms. The highest BCUT2D eigenvalue weighted by atomic mass is 16.4. The molecule has 5 nitrogen and oxygen atoms in total. The van der Waals surface area contributed by atoms with Crippen molar-refractivity contribution in [1.82, 2.24) is 5.32 Å². The largest absolute Gasteiger partial charge is 0.409 e. The number of nitrogens with zero attached hydrogens (tertiary/aromatic N) is 1. The smallest absolute Gasteiger partial charge is 0.233 e. The highest BCUT2D eigenvalue weighted by Gasteiger charge is 2.45. The number of amidine groups is 1. The second-order valence-corrected chi connectivity index (χ2v) is 5.63. The molecular formula is C13H23N3O2. The van der Waals surface area contributed by atoms with Crippen LogP contribution in [0.25, 0.3) is 0 Å². The molecule has 2 saturated carbocycles. The molecule has 0 bridgehead atoms. The first-order valence-corrected chi connectivity index (χ1v) is 6.95. The molecule has 0 aromatic carbocycles. The van der Waals surface area contributed by atoms with Crippen LogP contribution in [-0.2, 0) is 4.79 Å². The van der Waals surface area contributed by atoms with Gasteiger partial charge in [-0.25, -0.2) is 0 Å². The van der Waals surface area contributed by atoms with Crippen LogP contribution in [0, 0.1) is 11.3 Å². The van der Waals surface area contributed by atoms with Gasteiger partial charge in [0, 0.05) is 6.54 Å². The van der Waals surface area contributed by atoms with Crippen LogP contribution < -0.4 is 11.1 Å². The number of oxime groups is 1. The van der Waals surface area contributed by atoms with E-state index in [4.69, 9.17) is 10.9 Å². The number of nitrogens with one attached hydrogen (secondary N) is 1. The van der Waals surface area contributed by atoms with Crippen molar-refractivity contribution in [1.29, 1.82) is 0 Å². The Bertz CT molecular complexity index is 329. The predicted molar refractivity (Wildman–Crippen MR) is 69.3 cm³/mol. The van der Waals surface area contributed by atoms with E-state index in [-0.39, 0.29) is 11.7 Å². The Kier molecular flexibility index (Phi) is 4.09. The van der Waals surface area contributed by atoms with Gasteiger partial charge in [-0.1, -0.05) is 30.8 Å². The minimum Gasteiger partial charge on any atom is -0.409 e. The van der Waals surface area contributed by atoms with Crippen LogP contribution in [0.1, 0.15) is 51.4 Å². The second-order valence-electron chi connectivity index (χ2n) is 5.63. The molecule has 0 aliphatic heterocycles. The quantitative estimate of drug-likeness (QED) is 0.308. The summed E-state index contributed by atoms with van der Waals surface area (Å²) in [5.74, 6) is 0.630. The van der Waals surface area contributed by atoms with Crippen molar-refractivity contribution < 1.29 is 10.0 Å². The average Bonchev–Trinajstić information content (AvgIpc) is 3.06. The van der Waals surface area contributed by atoms with Gasteiger partial charge in [0.15, 0.2) is 5.84 Å². The number of nitrogens with two attached hydrogens (primary N) is 1. The fourth-order valence-corrected chi connectivity index (χ4v) is 3.29. The molecule has 2 aliphatic carbocycles. The molecule has 1 amide bonds. The van der Waals surface area contributed by atoms with Crippen molar-refractivity contribution in [2.45, 2.75) is 51.4 Å². The van der Waals surface area contributed by atoms with E-state index in [1.165, 1.54) is 25.7 Å². The highest BCUT2D eigenvalue weighted by Crippen LogP contribution is 2.38. The van der Waals surface area contributed by atoms with E-state index in [2.05, 4.69) is 10.5 Å². The Hall–Kier alpha value is -1.26. The molecule has 5 heteroatoms. The molecule has 2 aliphatic rings. The van der Waals surface area contributed by atoms with Gasteiger partial charge >= 0.3 is 0 Å². The lowest BCUT2D eigenvalue weighted by atomic mass is 9.83. The maximum Gasteiger partial charge on any atom is 0.233 e. The molecule has 2 rings (SSSR count). The predicted octanol–water partition coefficient (Wildman–Crippen LogP) is 1.60. The molecule has 0 aromatic rings. The fraction of sp³-hybridized carbons (Fsp3) is 0.846. The lowest BCUT2D eigenvalue weighted by molar-refractivity contribution is -0.127. The second kappa shape index (κ2) is 5.59. The van der Waals surface area contributed by atoms with Crippen molar-refractivity contribution >= 4 is 11.7 Å². The first-order chi connectivity index (χ1) is 8.69. The van der Waals surface area contributed by atoms with Gasteiger partial charge in [0.1, 0.15) is 5.41 Å². The topological polar surface area (TPSA) is 87.7 Å². The SMILES string of the molecule is NC(=NO)C1(C(=O)NCC2CCCC2)CCCC1. The summed E-state index contributed by atoms with van der Waals surface area (Å²) in [6.07, 6.45) is 8.27. The zero-order valence-electron chi connectivity index (χ0n) is 10.8. The van der Waals surface area contributed by atoms with Crippen molar-refractivity contribution in [3.05, 3.63) is 0 Å². The summed E-state index contributed by atoms with van der Waals surface area (Å²) in [6.45, 7) is 0.735. The van der Waals surface area contributed by atoms with Crippen molar-refractivity contribution in [2.75, 3.05) is 6.54 Å². The van der Waals surface area contributed by atoms with E-state index in [9.17, 15) is 4.79 Å². The van der Waals surface area contributed by atoms with Crippen LogP contribution in [0.15, 0.2) is 5.16 Å². The molecular weight excluding hydrogens is 230 g/mol. The Balaban J connectivity index is 1.95. The summed E-state index contributed by atoms with van der Waals surface area (Å²) in [4.78, 5) is 12.3. The molecule has 0 radical (unpaired) electrons. The molecule has 102 valence electrons. The molecule has 0 heterocycles. The van der Waals surface area contributed by atoms with E-state index in [1.54, 1.807) is 0 Å². The number of hydrogen-bond donors (Lipinski definition) is 3. The molecule has 0 unspecified atom stereocenters. The van der Waals surface area contributed by atoms with Gasteiger partial charge in [-0.3, -0.25) is 4.79 Å². The lowest BCUT2D eigenvalue weighted by Crippen LogP contribution is -2.49. The summed E-state index contributed by atoms with van der Waals surface area (Å²) in [5, 5.41) is 15.0. The molecule has 18 heavy (non-hydrogen) atoms. The van der Waals surface area contributed by atoms with Crippen LogP contribution in [-0.4, -0.2) is 23.5 Å². The molecule has 2 fully saturated rings. The Labute approximate surface area is 108 Å². The standard InChI is InChI=1S/C13H23N3O2/c14-11(16-18)13(7-3-4-8-13)12(17)15-9-10-5-1-2-6-10/h10,18H,1-9H2,(H2,14,16)(H,15,17). The van der Waals surface area contributed by atoms with E-state index >= 15 is 0 Å². The summed E-state index contributed by atoms with van der Waals surface area (Å²) < 4.78 is 0. The maximum atomic E-state index is 12.3. The van der Waals surface area contributed by atoms with E-state index in [0.29, 0.717) is 18.8 Å². The lowest BCUT2D eigenvalue weighted by Gasteiger charge is -2.26. The fourth-order valence-electron chi connectivity index (χ4n) is 3.29. The number of carbonyl (C=O) groups is 1. The molecule has 0 saturated heterocycles. The minimum absolute atomic E-state index is 0.0535. The van der Waals surface area contributed by atoms with Crippen molar-refractivity contribution in [3.63, 3.8) is 0 Å². The first kappa shape index (κ1) is 13.2. The van der Waals surface area contributed by atoms with Crippen molar-refractivity contribution in [2.24, 2.45) is 22.2 Å². The first-order valence-electron chi connectivity index (χ1n) is 6.95. The number of carbonyl (C=O) groups excluding carboxylic acids is 1. The summed E-state index contributed by atoms with van der Waals surface area (Å²) in [7, 11) is 0. The zero-order chi connectivity index (χ0) is 13.0. The van der Waals surface area contributed by atoms with E-state index in [0.717, 1.165) is 19.4 Å². The summed E-state index contributed by atoms with van der Waals surface area (Å²) in [5.41, 5.74) is 4.98. The molecule has 0 aromatic heterocycles.